The number of likely N-dealkylation sites (N-methyl/N-ethyl adjacent to an activating group) is 1. The highest BCUT2D eigenvalue weighted by molar-refractivity contribution is 6.20. The predicted octanol–water partition coefficient (Wildman–Crippen LogP) is 2.18. The Balaban J connectivity index is 2.49. The zero-order valence-electron chi connectivity index (χ0n) is 11.3. The quantitative estimate of drug-likeness (QED) is 0.873. The van der Waals surface area contributed by atoms with Gasteiger partial charge in [-0.2, -0.15) is 0 Å². The van der Waals surface area contributed by atoms with Crippen molar-refractivity contribution < 1.29 is 4.79 Å². The standard InChI is InChI=1S/C13H17ClN4O/c1-4-15-11(19)7-18-12(9(3)14)17-10-5-8(2)6-16-13(10)18/h5-6,9H,4,7H2,1-3H3,(H,15,19). The molecule has 5 nitrogen and oxygen atoms in total. The molecule has 0 aliphatic heterocycles. The largest absolute Gasteiger partial charge is 0.355 e. The minimum atomic E-state index is -0.274. The zero-order chi connectivity index (χ0) is 14.0. The summed E-state index contributed by atoms with van der Waals surface area (Å²) in [6, 6.07) is 1.94. The number of nitrogens with zero attached hydrogens (tertiary/aromatic N) is 3. The minimum absolute atomic E-state index is 0.0669. The average molecular weight is 281 g/mol. The molecule has 0 aliphatic carbocycles. The number of amides is 1. The molecule has 1 unspecified atom stereocenters. The van der Waals surface area contributed by atoms with Gasteiger partial charge in [-0.1, -0.05) is 0 Å². The molecule has 0 aromatic carbocycles. The molecule has 0 aliphatic rings. The number of aromatic nitrogens is 3. The number of imidazole rings is 1. The van der Waals surface area contributed by atoms with Gasteiger partial charge in [0, 0.05) is 12.7 Å². The molecule has 102 valence electrons. The molecule has 19 heavy (non-hydrogen) atoms. The van der Waals surface area contributed by atoms with Gasteiger partial charge < -0.3 is 9.88 Å². The van der Waals surface area contributed by atoms with Crippen LogP contribution in [0.15, 0.2) is 12.3 Å². The summed E-state index contributed by atoms with van der Waals surface area (Å²) in [7, 11) is 0. The van der Waals surface area contributed by atoms with Gasteiger partial charge in [-0.05, 0) is 32.4 Å². The fourth-order valence-electron chi connectivity index (χ4n) is 1.99. The molecule has 2 aromatic heterocycles. The Kier molecular flexibility index (Phi) is 4.04. The van der Waals surface area contributed by atoms with Gasteiger partial charge in [-0.3, -0.25) is 4.79 Å². The molecule has 1 N–H and O–H groups in total. The molecule has 0 spiro atoms. The lowest BCUT2D eigenvalue weighted by molar-refractivity contribution is -0.121. The molecule has 0 fully saturated rings. The number of rotatable bonds is 4. The molecule has 0 radical (unpaired) electrons. The molecular formula is C13H17ClN4O. The van der Waals surface area contributed by atoms with Crippen molar-refractivity contribution in [1.82, 2.24) is 19.9 Å². The van der Waals surface area contributed by atoms with Gasteiger partial charge in [-0.25, -0.2) is 9.97 Å². The number of halogens is 1. The van der Waals surface area contributed by atoms with Crippen LogP contribution in [0.5, 0.6) is 0 Å². The average Bonchev–Trinajstić information content (AvgIpc) is 2.67. The van der Waals surface area contributed by atoms with E-state index in [4.69, 9.17) is 11.6 Å². The number of pyridine rings is 1. The monoisotopic (exact) mass is 280 g/mol. The van der Waals surface area contributed by atoms with E-state index in [1.807, 2.05) is 26.8 Å². The van der Waals surface area contributed by atoms with Crippen LogP contribution in [0.3, 0.4) is 0 Å². The lowest BCUT2D eigenvalue weighted by atomic mass is 10.3. The van der Waals surface area contributed by atoms with Crippen LogP contribution in [0, 0.1) is 6.92 Å². The van der Waals surface area contributed by atoms with Crippen molar-refractivity contribution in [2.75, 3.05) is 6.54 Å². The Morgan fingerprint density at radius 1 is 1.58 bits per heavy atom. The van der Waals surface area contributed by atoms with Crippen molar-refractivity contribution >= 4 is 28.7 Å². The molecule has 0 saturated heterocycles. The second-order valence-corrected chi connectivity index (χ2v) is 5.14. The number of carbonyl (C=O) groups is 1. The van der Waals surface area contributed by atoms with Crippen LogP contribution in [0.25, 0.3) is 11.2 Å². The Morgan fingerprint density at radius 3 is 2.95 bits per heavy atom. The number of hydrogen-bond acceptors (Lipinski definition) is 3. The summed E-state index contributed by atoms with van der Waals surface area (Å²) in [4.78, 5) is 20.6. The molecule has 6 heteroatoms. The molecule has 1 atom stereocenters. The first-order valence-electron chi connectivity index (χ1n) is 6.26. The first kappa shape index (κ1) is 13.8. The number of nitrogens with one attached hydrogen (secondary N) is 1. The van der Waals surface area contributed by atoms with Gasteiger partial charge >= 0.3 is 0 Å². The first-order valence-corrected chi connectivity index (χ1v) is 6.70. The molecule has 0 bridgehead atoms. The van der Waals surface area contributed by atoms with Crippen molar-refractivity contribution in [2.24, 2.45) is 0 Å². The molecule has 2 heterocycles. The summed E-state index contributed by atoms with van der Waals surface area (Å²) in [5.74, 6) is 0.601. The van der Waals surface area contributed by atoms with Crippen molar-refractivity contribution in [3.8, 4) is 0 Å². The Hall–Kier alpha value is -1.62. The van der Waals surface area contributed by atoms with E-state index in [-0.39, 0.29) is 17.8 Å². The molecule has 0 saturated carbocycles. The molecule has 2 aromatic rings. The molecule has 2 rings (SSSR count). The normalized spacial score (nSPS) is 12.6. The number of carbonyl (C=O) groups excluding carboxylic acids is 1. The van der Waals surface area contributed by atoms with Crippen molar-refractivity contribution in [3.63, 3.8) is 0 Å². The van der Waals surface area contributed by atoms with E-state index in [9.17, 15) is 4.79 Å². The summed E-state index contributed by atoms with van der Waals surface area (Å²) >= 11 is 6.14. The van der Waals surface area contributed by atoms with E-state index in [2.05, 4.69) is 15.3 Å². The van der Waals surface area contributed by atoms with E-state index < -0.39 is 0 Å². The maximum absolute atomic E-state index is 11.8. The first-order chi connectivity index (χ1) is 9.02. The summed E-state index contributed by atoms with van der Waals surface area (Å²) in [6.45, 7) is 6.47. The second-order valence-electron chi connectivity index (χ2n) is 4.48. The number of fused-ring (bicyclic) bond motifs is 1. The predicted molar refractivity (Wildman–Crippen MR) is 75.2 cm³/mol. The van der Waals surface area contributed by atoms with Crippen LogP contribution in [0.1, 0.15) is 30.6 Å². The summed E-state index contributed by atoms with van der Waals surface area (Å²) in [5.41, 5.74) is 2.50. The van der Waals surface area contributed by atoms with Crippen LogP contribution in [0.2, 0.25) is 0 Å². The van der Waals surface area contributed by atoms with Gasteiger partial charge in [0.2, 0.25) is 5.91 Å². The third-order valence-electron chi connectivity index (χ3n) is 2.78. The van der Waals surface area contributed by atoms with E-state index >= 15 is 0 Å². The number of aryl methyl sites for hydroxylation is 1. The van der Waals surface area contributed by atoms with Crippen LogP contribution < -0.4 is 5.32 Å². The maximum Gasteiger partial charge on any atom is 0.240 e. The lowest BCUT2D eigenvalue weighted by Gasteiger charge is -2.09. The lowest BCUT2D eigenvalue weighted by Crippen LogP contribution is -2.28. The minimum Gasteiger partial charge on any atom is -0.355 e. The smallest absolute Gasteiger partial charge is 0.240 e. The van der Waals surface area contributed by atoms with Gasteiger partial charge in [0.25, 0.3) is 0 Å². The van der Waals surface area contributed by atoms with Crippen LogP contribution in [-0.2, 0) is 11.3 Å². The Labute approximate surface area is 117 Å². The van der Waals surface area contributed by atoms with E-state index in [1.165, 1.54) is 0 Å². The highest BCUT2D eigenvalue weighted by Gasteiger charge is 2.17. The maximum atomic E-state index is 11.8. The fraction of sp³-hybridized carbons (Fsp3) is 0.462. The van der Waals surface area contributed by atoms with Crippen LogP contribution in [-0.4, -0.2) is 27.0 Å². The molecule has 1 amide bonds. The van der Waals surface area contributed by atoms with Crippen molar-refractivity contribution in [1.29, 1.82) is 0 Å². The number of alkyl halides is 1. The summed E-state index contributed by atoms with van der Waals surface area (Å²) in [5, 5.41) is 2.49. The fourth-order valence-corrected chi connectivity index (χ4v) is 2.15. The third kappa shape index (κ3) is 2.87. The highest BCUT2D eigenvalue weighted by Crippen LogP contribution is 2.23. The summed E-state index contributed by atoms with van der Waals surface area (Å²) in [6.07, 6.45) is 1.76. The van der Waals surface area contributed by atoms with Gasteiger partial charge in [0.05, 0.1) is 5.38 Å². The van der Waals surface area contributed by atoms with E-state index in [0.29, 0.717) is 18.0 Å². The van der Waals surface area contributed by atoms with Gasteiger partial charge in [-0.15, -0.1) is 11.6 Å². The second kappa shape index (κ2) is 5.57. The van der Waals surface area contributed by atoms with E-state index in [0.717, 1.165) is 11.1 Å². The summed E-state index contributed by atoms with van der Waals surface area (Å²) < 4.78 is 1.78. The van der Waals surface area contributed by atoms with Crippen LogP contribution in [0.4, 0.5) is 0 Å². The topological polar surface area (TPSA) is 59.8 Å². The highest BCUT2D eigenvalue weighted by atomic mass is 35.5. The SMILES string of the molecule is CCNC(=O)Cn1c(C(C)Cl)nc2cc(C)cnc21. The van der Waals surface area contributed by atoms with Crippen LogP contribution >= 0.6 is 11.6 Å². The van der Waals surface area contributed by atoms with E-state index in [1.54, 1.807) is 10.8 Å². The van der Waals surface area contributed by atoms with Gasteiger partial charge in [0.15, 0.2) is 5.65 Å². The van der Waals surface area contributed by atoms with Crippen molar-refractivity contribution in [2.45, 2.75) is 32.7 Å². The Morgan fingerprint density at radius 2 is 2.32 bits per heavy atom. The van der Waals surface area contributed by atoms with Gasteiger partial charge in [0.1, 0.15) is 17.9 Å². The Bertz CT molecular complexity index is 606. The zero-order valence-corrected chi connectivity index (χ0v) is 12.0. The van der Waals surface area contributed by atoms with Crippen molar-refractivity contribution in [3.05, 3.63) is 23.7 Å². The number of hydrogen-bond donors (Lipinski definition) is 1. The third-order valence-corrected chi connectivity index (χ3v) is 2.98. The molecular weight excluding hydrogens is 264 g/mol.